The van der Waals surface area contributed by atoms with Crippen LogP contribution in [0.4, 0.5) is 0 Å². The standard InChI is InChI=1S/C7H10/c1-3-5-7-6-4-2/h3,5H,7H2,1-2H3. The van der Waals surface area contributed by atoms with Gasteiger partial charge in [-0.3, -0.25) is 0 Å². The summed E-state index contributed by atoms with van der Waals surface area (Å²) in [6.45, 7) is 3.85. The summed E-state index contributed by atoms with van der Waals surface area (Å²) in [6, 6.07) is 0. The van der Waals surface area contributed by atoms with Crippen molar-refractivity contribution >= 4 is 0 Å². The minimum absolute atomic E-state index is 0.896. The molecular weight excluding hydrogens is 84.1 g/mol. The van der Waals surface area contributed by atoms with E-state index in [1.54, 1.807) is 0 Å². The molecule has 0 aliphatic heterocycles. The van der Waals surface area contributed by atoms with E-state index < -0.39 is 0 Å². The predicted octanol–water partition coefficient (Wildman–Crippen LogP) is 1.98. The maximum absolute atomic E-state index is 2.91. The molecule has 0 heterocycles. The number of hydrogen-bond donors (Lipinski definition) is 0. The van der Waals surface area contributed by atoms with E-state index in [9.17, 15) is 0 Å². The normalized spacial score (nSPS) is 8.29. The zero-order valence-electron chi connectivity index (χ0n) is 4.86. The molecule has 0 aromatic carbocycles. The van der Waals surface area contributed by atoms with Gasteiger partial charge in [-0.1, -0.05) is 18.1 Å². The van der Waals surface area contributed by atoms with Gasteiger partial charge in [-0.05, 0) is 13.8 Å². The zero-order valence-corrected chi connectivity index (χ0v) is 4.86. The van der Waals surface area contributed by atoms with Crippen LogP contribution in [0.5, 0.6) is 0 Å². The third-order valence-corrected chi connectivity index (χ3v) is 0.632. The molecular formula is C7H10. The molecule has 0 rings (SSSR count). The van der Waals surface area contributed by atoms with Crippen LogP contribution in [0.3, 0.4) is 0 Å². The molecule has 0 aromatic heterocycles. The van der Waals surface area contributed by atoms with Crippen molar-refractivity contribution < 1.29 is 0 Å². The van der Waals surface area contributed by atoms with Crippen LogP contribution >= 0.6 is 0 Å². The molecule has 38 valence electrons. The molecule has 0 aromatic rings. The van der Waals surface area contributed by atoms with E-state index in [4.69, 9.17) is 0 Å². The average molecular weight is 94.2 g/mol. The lowest BCUT2D eigenvalue weighted by atomic mass is 10.4. The van der Waals surface area contributed by atoms with Gasteiger partial charge in [-0.15, -0.1) is 5.92 Å². The number of rotatable bonds is 1. The van der Waals surface area contributed by atoms with Gasteiger partial charge >= 0.3 is 0 Å². The number of hydrogen-bond acceptors (Lipinski definition) is 0. The van der Waals surface area contributed by atoms with E-state index in [1.807, 2.05) is 26.0 Å². The quantitative estimate of drug-likeness (QED) is 0.344. The third-order valence-electron chi connectivity index (χ3n) is 0.632. The highest BCUT2D eigenvalue weighted by Gasteiger charge is 1.59. The highest BCUT2D eigenvalue weighted by Crippen LogP contribution is 1.76. The van der Waals surface area contributed by atoms with Gasteiger partial charge in [0.1, 0.15) is 0 Å². The van der Waals surface area contributed by atoms with Crippen LogP contribution in [0.1, 0.15) is 20.3 Å². The first-order chi connectivity index (χ1) is 3.41. The summed E-state index contributed by atoms with van der Waals surface area (Å²) >= 11 is 0. The molecule has 0 saturated heterocycles. The van der Waals surface area contributed by atoms with Gasteiger partial charge in [0, 0.05) is 6.42 Å². The Balaban J connectivity index is 3.09. The van der Waals surface area contributed by atoms with Crippen LogP contribution in [0.15, 0.2) is 12.2 Å². The Morgan fingerprint density at radius 2 is 2.29 bits per heavy atom. The fourth-order valence-electron chi connectivity index (χ4n) is 0.279. The minimum atomic E-state index is 0.896. The maximum Gasteiger partial charge on any atom is 0.0269 e. The smallest absolute Gasteiger partial charge is 0.0269 e. The van der Waals surface area contributed by atoms with Gasteiger partial charge in [0.05, 0.1) is 0 Å². The third kappa shape index (κ3) is 5.30. The second kappa shape index (κ2) is 5.30. The van der Waals surface area contributed by atoms with Crippen molar-refractivity contribution in [3.05, 3.63) is 12.2 Å². The molecule has 0 spiro atoms. The van der Waals surface area contributed by atoms with Crippen molar-refractivity contribution in [3.8, 4) is 11.8 Å². The first-order valence-electron chi connectivity index (χ1n) is 2.42. The van der Waals surface area contributed by atoms with Gasteiger partial charge in [0.25, 0.3) is 0 Å². The van der Waals surface area contributed by atoms with Crippen molar-refractivity contribution in [2.75, 3.05) is 0 Å². The van der Waals surface area contributed by atoms with Crippen LogP contribution in [-0.2, 0) is 0 Å². The Morgan fingerprint density at radius 3 is 2.71 bits per heavy atom. The largest absolute Gasteiger partial charge is 0.106 e. The molecule has 0 amide bonds. The van der Waals surface area contributed by atoms with Crippen molar-refractivity contribution in [2.45, 2.75) is 20.3 Å². The lowest BCUT2D eigenvalue weighted by molar-refractivity contribution is 1.44. The monoisotopic (exact) mass is 94.1 g/mol. The maximum atomic E-state index is 2.91. The molecule has 0 aliphatic rings. The fourth-order valence-corrected chi connectivity index (χ4v) is 0.279. The first kappa shape index (κ1) is 6.30. The summed E-state index contributed by atoms with van der Waals surface area (Å²) in [6.07, 6.45) is 4.94. The average Bonchev–Trinajstić information content (AvgIpc) is 1.69. The van der Waals surface area contributed by atoms with E-state index in [-0.39, 0.29) is 0 Å². The molecule has 0 aliphatic carbocycles. The van der Waals surface area contributed by atoms with Gasteiger partial charge in [0.2, 0.25) is 0 Å². The highest BCUT2D eigenvalue weighted by atomic mass is 13.6. The van der Waals surface area contributed by atoms with E-state index in [1.165, 1.54) is 0 Å². The Hall–Kier alpha value is -0.700. The Morgan fingerprint density at radius 1 is 1.57 bits per heavy atom. The summed E-state index contributed by atoms with van der Waals surface area (Å²) in [4.78, 5) is 0. The van der Waals surface area contributed by atoms with Crippen molar-refractivity contribution in [1.82, 2.24) is 0 Å². The first-order valence-corrected chi connectivity index (χ1v) is 2.42. The van der Waals surface area contributed by atoms with E-state index >= 15 is 0 Å². The van der Waals surface area contributed by atoms with Crippen LogP contribution < -0.4 is 0 Å². The molecule has 0 bridgehead atoms. The van der Waals surface area contributed by atoms with Crippen molar-refractivity contribution in [2.24, 2.45) is 0 Å². The van der Waals surface area contributed by atoms with Gasteiger partial charge in [0.15, 0.2) is 0 Å². The number of allylic oxidation sites excluding steroid dienone is 2. The molecule has 0 atom stereocenters. The molecule has 0 fully saturated rings. The second-order valence-electron chi connectivity index (χ2n) is 1.20. The van der Waals surface area contributed by atoms with Crippen LogP contribution in [0.25, 0.3) is 0 Å². The summed E-state index contributed by atoms with van der Waals surface area (Å²) in [5.74, 6) is 5.71. The van der Waals surface area contributed by atoms with E-state index in [2.05, 4.69) is 11.8 Å². The fraction of sp³-hybridized carbons (Fsp3) is 0.429. The van der Waals surface area contributed by atoms with Crippen molar-refractivity contribution in [1.29, 1.82) is 0 Å². The van der Waals surface area contributed by atoms with Crippen LogP contribution in [-0.4, -0.2) is 0 Å². The van der Waals surface area contributed by atoms with Gasteiger partial charge in [-0.25, -0.2) is 0 Å². The van der Waals surface area contributed by atoms with Gasteiger partial charge in [-0.2, -0.15) is 0 Å². The highest BCUT2D eigenvalue weighted by molar-refractivity contribution is 5.01. The van der Waals surface area contributed by atoms with E-state index in [0.29, 0.717) is 0 Å². The summed E-state index contributed by atoms with van der Waals surface area (Å²) < 4.78 is 0. The molecule has 0 saturated carbocycles. The molecule has 0 unspecified atom stereocenters. The lowest BCUT2D eigenvalue weighted by Gasteiger charge is -1.68. The lowest BCUT2D eigenvalue weighted by Crippen LogP contribution is -1.53. The summed E-state index contributed by atoms with van der Waals surface area (Å²) in [5.41, 5.74) is 0. The Labute approximate surface area is 45.2 Å². The van der Waals surface area contributed by atoms with Crippen molar-refractivity contribution in [3.63, 3.8) is 0 Å². The predicted molar refractivity (Wildman–Crippen MR) is 32.9 cm³/mol. The van der Waals surface area contributed by atoms with E-state index in [0.717, 1.165) is 6.42 Å². The van der Waals surface area contributed by atoms with Crippen LogP contribution in [0.2, 0.25) is 0 Å². The molecule has 0 nitrogen and oxygen atoms in total. The topological polar surface area (TPSA) is 0 Å². The molecule has 7 heavy (non-hydrogen) atoms. The molecule has 0 heteroatoms. The van der Waals surface area contributed by atoms with Gasteiger partial charge < -0.3 is 0 Å². The minimum Gasteiger partial charge on any atom is -0.106 e. The Kier molecular flexibility index (Phi) is 4.77. The Bertz CT molecular complexity index is 98.9. The zero-order chi connectivity index (χ0) is 5.54. The van der Waals surface area contributed by atoms with Crippen LogP contribution in [0, 0.1) is 11.8 Å². The molecule has 0 N–H and O–H groups in total. The summed E-state index contributed by atoms with van der Waals surface area (Å²) in [5, 5.41) is 0. The molecule has 0 radical (unpaired) electrons. The second-order valence-corrected chi connectivity index (χ2v) is 1.20. The summed E-state index contributed by atoms with van der Waals surface area (Å²) in [7, 11) is 0. The SMILES string of the molecule is CC#CCC=CC.